The van der Waals surface area contributed by atoms with Crippen LogP contribution in [0.5, 0.6) is 0 Å². The molecule has 0 aliphatic carbocycles. The van der Waals surface area contributed by atoms with Gasteiger partial charge in [-0.3, -0.25) is 52.7 Å². The molecule has 0 aromatic heterocycles. The number of rotatable bonds is 41. The van der Waals surface area contributed by atoms with Crippen molar-refractivity contribution in [2.24, 2.45) is 70.5 Å². The molecule has 1 aliphatic heterocycles. The number of benzene rings is 1. The molecule has 0 bridgehead atoms. The first kappa shape index (κ1) is 82.9. The second-order valence-corrected chi connectivity index (χ2v) is 25.4. The molecule has 0 saturated carbocycles. The van der Waals surface area contributed by atoms with Gasteiger partial charge < -0.3 is 74.1 Å². The molecule has 1 aromatic carbocycles. The van der Waals surface area contributed by atoms with Crippen LogP contribution in [-0.2, 0) is 73.4 Å². The summed E-state index contributed by atoms with van der Waals surface area (Å²) in [5, 5.41) is 40.0. The van der Waals surface area contributed by atoms with Crippen LogP contribution >= 0.6 is 0 Å². The number of aliphatic hydroxyl groups is 2. The second kappa shape index (κ2) is 43.0. The van der Waals surface area contributed by atoms with Gasteiger partial charge in [-0.2, -0.15) is 0 Å². The van der Waals surface area contributed by atoms with Crippen LogP contribution in [0, 0.1) is 53.3 Å². The number of Topliss-reactive ketones (excluding diaryl/α,β-unsaturated/α-hetero) is 4. The van der Waals surface area contributed by atoms with E-state index in [2.05, 4.69) is 37.2 Å². The van der Waals surface area contributed by atoms with Crippen LogP contribution < -0.4 is 54.4 Å². The third-order valence-corrected chi connectivity index (χ3v) is 18.2. The van der Waals surface area contributed by atoms with Crippen molar-refractivity contribution >= 4 is 76.5 Å². The zero-order valence-electron chi connectivity index (χ0n) is 57.1. The van der Waals surface area contributed by atoms with E-state index in [1.165, 1.54) is 13.8 Å². The zero-order valence-corrected chi connectivity index (χ0v) is 57.1. The van der Waals surface area contributed by atoms with Crippen molar-refractivity contribution in [1.82, 2.24) is 37.2 Å². The van der Waals surface area contributed by atoms with Crippen molar-refractivity contribution in [1.29, 1.82) is 0 Å². The van der Waals surface area contributed by atoms with Crippen molar-refractivity contribution in [2.45, 2.75) is 221 Å². The van der Waals surface area contributed by atoms with E-state index in [4.69, 9.17) is 26.7 Å². The molecule has 1 aromatic rings. The Morgan fingerprint density at radius 3 is 1.73 bits per heavy atom. The monoisotopic (exact) mass is 1330 g/mol. The van der Waals surface area contributed by atoms with E-state index in [0.29, 0.717) is 51.4 Å². The fourth-order valence-corrected chi connectivity index (χ4v) is 10.8. The molecule has 2 rings (SSSR count). The number of primary amides is 1. The predicted octanol–water partition coefficient (Wildman–Crippen LogP) is 2.05. The minimum absolute atomic E-state index is 0.0285. The molecule has 1 aliphatic rings. The van der Waals surface area contributed by atoms with E-state index < -0.39 is 205 Å². The molecule has 15 N–H and O–H groups in total. The van der Waals surface area contributed by atoms with E-state index in [1.54, 1.807) is 48.5 Å². The Hall–Kier alpha value is -7.23. The summed E-state index contributed by atoms with van der Waals surface area (Å²) in [4.78, 5) is 180. The minimum Gasteiger partial charge on any atom is -0.458 e. The lowest BCUT2D eigenvalue weighted by Crippen LogP contribution is -2.55. The maximum absolute atomic E-state index is 14.6. The number of amides is 8. The highest BCUT2D eigenvalue weighted by molar-refractivity contribution is 5.99. The molecule has 1 heterocycles. The summed E-state index contributed by atoms with van der Waals surface area (Å²) in [5.41, 5.74) is 17.5. The number of ether oxygens (including phenoxy) is 2. The standard InChI is InChI=1S/C67H110N10O17/c1-12-37(6)48(32-51(80)49(25-26-55(70)84)72-62(87)45(35-78)30-53(82)56(38(7)13-2)74-61(86)44(16-5)29-43-22-18-17-19-23-43)64(89)75-57(39(8)14-3)54(83)31-46(36-79)63(88)77-59-42(11)93-66(91)58(40(9)15-4)76-65(90)50(73-60(85)41(10)28-52(59)81)24-20-21-27-71-67(92)94-47(33-68)34-69/h17-19,22-23,37-42,44-50,56-59,78-79H,12-16,20-21,24-36,68-69H2,1-11H3,(H2,70,84)(H,71,92)(H,72,87)(H,73,85)(H,74,86)(H,75,89)(H,76,90)(H,77,88)/t37-,38+,39+,40+,41-,42+,44-,45+,46+,48-,49-,50+,56+,57+,58+,59-/m1/s1. The number of unbranched alkanes of at least 4 members (excludes halogenated alkanes) is 1. The van der Waals surface area contributed by atoms with Crippen LogP contribution in [0.2, 0.25) is 0 Å². The number of alkyl carbamates (subject to hydrolysis) is 1. The fourth-order valence-electron chi connectivity index (χ4n) is 10.8. The van der Waals surface area contributed by atoms with E-state index in [-0.39, 0.29) is 50.7 Å². The van der Waals surface area contributed by atoms with Gasteiger partial charge in [0.05, 0.1) is 43.2 Å². The molecule has 1 fully saturated rings. The Labute approximate surface area is 553 Å². The van der Waals surface area contributed by atoms with Crippen molar-refractivity contribution < 1.29 is 82.0 Å². The Morgan fingerprint density at radius 1 is 0.660 bits per heavy atom. The lowest BCUT2D eigenvalue weighted by molar-refractivity contribution is -0.157. The highest BCUT2D eigenvalue weighted by Crippen LogP contribution is 2.26. The number of hydrogen-bond acceptors (Lipinski definition) is 19. The number of aliphatic hydroxyl groups excluding tert-OH is 2. The van der Waals surface area contributed by atoms with Crippen LogP contribution in [0.3, 0.4) is 0 Å². The molecule has 94 heavy (non-hydrogen) atoms. The summed E-state index contributed by atoms with van der Waals surface area (Å²) >= 11 is 0. The highest BCUT2D eigenvalue weighted by Gasteiger charge is 2.41. The number of nitrogens with one attached hydrogen (secondary N) is 7. The van der Waals surface area contributed by atoms with Crippen molar-refractivity contribution in [3.63, 3.8) is 0 Å². The van der Waals surface area contributed by atoms with Gasteiger partial charge in [-0.15, -0.1) is 0 Å². The molecule has 0 radical (unpaired) electrons. The Bertz CT molecular complexity index is 2660. The van der Waals surface area contributed by atoms with Gasteiger partial charge in [-0.25, -0.2) is 9.59 Å². The average molecular weight is 1330 g/mol. The molecule has 1 saturated heterocycles. The average Bonchev–Trinajstić information content (AvgIpc) is 1.49. The lowest BCUT2D eigenvalue weighted by Gasteiger charge is -2.30. The normalized spacial score (nSPS) is 20.7. The summed E-state index contributed by atoms with van der Waals surface area (Å²) in [5.74, 6) is -16.5. The quantitative estimate of drug-likeness (QED) is 0.0330. The van der Waals surface area contributed by atoms with Crippen LogP contribution in [0.4, 0.5) is 4.79 Å². The summed E-state index contributed by atoms with van der Waals surface area (Å²) in [6.45, 7) is 17.0. The summed E-state index contributed by atoms with van der Waals surface area (Å²) in [7, 11) is 0. The molecule has 8 amide bonds. The van der Waals surface area contributed by atoms with Gasteiger partial charge in [0, 0.05) is 69.5 Å². The first-order chi connectivity index (χ1) is 44.5. The molecular weight excluding hydrogens is 1220 g/mol. The van der Waals surface area contributed by atoms with Crippen molar-refractivity contribution in [3.8, 4) is 0 Å². The van der Waals surface area contributed by atoms with Gasteiger partial charge in [0.15, 0.2) is 23.1 Å². The van der Waals surface area contributed by atoms with Gasteiger partial charge in [0.2, 0.25) is 41.4 Å². The number of hydrogen-bond donors (Lipinski definition) is 12. The topological polar surface area (TPSA) is 443 Å². The second-order valence-electron chi connectivity index (χ2n) is 25.4. The zero-order chi connectivity index (χ0) is 70.9. The fraction of sp³-hybridized carbons (Fsp3) is 0.716. The van der Waals surface area contributed by atoms with Crippen molar-refractivity contribution in [3.05, 3.63) is 35.9 Å². The number of nitrogens with two attached hydrogens (primary N) is 3. The maximum Gasteiger partial charge on any atom is 0.407 e. The van der Waals surface area contributed by atoms with Gasteiger partial charge in [-0.05, 0) is 74.7 Å². The maximum atomic E-state index is 14.6. The molecule has 0 spiro atoms. The first-order valence-corrected chi connectivity index (χ1v) is 33.5. The number of carbonyl (C=O) groups excluding carboxylic acids is 13. The molecular formula is C67H110N10O17. The van der Waals surface area contributed by atoms with Crippen molar-refractivity contribution in [2.75, 3.05) is 32.8 Å². The largest absolute Gasteiger partial charge is 0.458 e. The third-order valence-electron chi connectivity index (χ3n) is 18.2. The van der Waals surface area contributed by atoms with Crippen LogP contribution in [0.15, 0.2) is 30.3 Å². The van der Waals surface area contributed by atoms with E-state index >= 15 is 0 Å². The molecule has 27 nitrogen and oxygen atoms in total. The van der Waals surface area contributed by atoms with Gasteiger partial charge >= 0.3 is 12.1 Å². The molecule has 530 valence electrons. The lowest BCUT2D eigenvalue weighted by atomic mass is 9.83. The van der Waals surface area contributed by atoms with Gasteiger partial charge in [-0.1, -0.05) is 125 Å². The predicted molar refractivity (Wildman–Crippen MR) is 350 cm³/mol. The highest BCUT2D eigenvalue weighted by atomic mass is 16.6. The van der Waals surface area contributed by atoms with E-state index in [0.717, 1.165) is 5.56 Å². The number of carbonyl (C=O) groups is 13. The summed E-state index contributed by atoms with van der Waals surface area (Å²) in [6, 6.07) is 1.56. The van der Waals surface area contributed by atoms with Gasteiger partial charge in [0.1, 0.15) is 30.3 Å². The Balaban J connectivity index is 2.38. The van der Waals surface area contributed by atoms with Crippen LogP contribution in [-0.4, -0.2) is 168 Å². The summed E-state index contributed by atoms with van der Waals surface area (Å²) < 4.78 is 10.9. The van der Waals surface area contributed by atoms with Crippen LogP contribution in [0.25, 0.3) is 0 Å². The van der Waals surface area contributed by atoms with E-state index in [1.807, 2.05) is 44.2 Å². The summed E-state index contributed by atoms with van der Waals surface area (Å²) in [6.07, 6.45) is -2.60. The Kier molecular flexibility index (Phi) is 37.9. The SMILES string of the molecule is CC[C@H](Cc1ccccc1)C(=O)N[C@H](C(=O)C[C@@H](CO)C(=O)N[C@H](CCC(N)=O)C(=O)C[C@@H](C(=O)N[C@H](C(=O)C[C@@H](CO)C(=O)N[C@H]1C(=O)C[C@@H](C)C(=O)N[C@@H](CCCCNC(=O)OC(CN)CN)C(=O)N[C@@H]([C@@H](C)CC)C(=O)O[C@H]1C)[C@@H](C)CC)[C@H](C)CC)[C@@H](C)CC. The van der Waals surface area contributed by atoms with Gasteiger partial charge in [0.25, 0.3) is 0 Å². The smallest absolute Gasteiger partial charge is 0.407 e. The third kappa shape index (κ3) is 27.2. The Morgan fingerprint density at radius 2 is 1.21 bits per heavy atom. The van der Waals surface area contributed by atoms with Crippen LogP contribution in [0.1, 0.15) is 172 Å². The number of cyclic esters (lactones) is 1. The minimum atomic E-state index is -1.64. The van der Waals surface area contributed by atoms with E-state index in [9.17, 15) is 72.5 Å². The number of esters is 1. The molecule has 16 atom stereocenters. The first-order valence-electron chi connectivity index (χ1n) is 33.5. The number of ketones is 4. The molecule has 0 unspecified atom stereocenters. The molecule has 27 heteroatoms.